The van der Waals surface area contributed by atoms with Gasteiger partial charge in [0.05, 0.1) is 25.6 Å². The van der Waals surface area contributed by atoms with Crippen LogP contribution in [-0.4, -0.2) is 12.1 Å². The zero-order chi connectivity index (χ0) is 13.8. The zero-order valence-corrected chi connectivity index (χ0v) is 11.8. The molecule has 20 heavy (non-hydrogen) atoms. The van der Waals surface area contributed by atoms with E-state index >= 15 is 0 Å². The number of hydrogen-bond acceptors (Lipinski definition) is 5. The molecule has 0 fully saturated rings. The molecule has 5 heteroatoms. The zero-order valence-electron chi connectivity index (χ0n) is 11.0. The van der Waals surface area contributed by atoms with Crippen LogP contribution in [0, 0.1) is 0 Å². The minimum atomic E-state index is 0.637. The Kier molecular flexibility index (Phi) is 3.69. The van der Waals surface area contributed by atoms with Crippen molar-refractivity contribution in [2.75, 3.05) is 12.4 Å². The molecule has 1 aromatic carbocycles. The number of ether oxygens (including phenoxy) is 1. The summed E-state index contributed by atoms with van der Waals surface area (Å²) >= 11 is 1.57. The molecule has 0 aliphatic rings. The number of methoxy groups -OCH3 is 1. The van der Waals surface area contributed by atoms with Crippen LogP contribution in [0.5, 0.6) is 5.75 Å². The van der Waals surface area contributed by atoms with Gasteiger partial charge in [-0.3, -0.25) is 0 Å². The standard InChI is InChI=1S/C15H14N2O2S/c1-18-12-5-2-4-11(8-12)14-10-20-15(17-14)16-9-13-6-3-7-19-13/h2-8,10H,9H2,1H3,(H,16,17). The van der Waals surface area contributed by atoms with Crippen molar-refractivity contribution < 1.29 is 9.15 Å². The van der Waals surface area contributed by atoms with E-state index in [1.165, 1.54) is 0 Å². The second-order valence-corrected chi connectivity index (χ2v) is 5.06. The number of nitrogens with one attached hydrogen (secondary N) is 1. The number of anilines is 1. The van der Waals surface area contributed by atoms with Crippen LogP contribution in [0.1, 0.15) is 5.76 Å². The van der Waals surface area contributed by atoms with Crippen molar-refractivity contribution in [3.8, 4) is 17.0 Å². The molecule has 0 atom stereocenters. The van der Waals surface area contributed by atoms with Crippen molar-refractivity contribution in [1.29, 1.82) is 0 Å². The molecule has 102 valence electrons. The molecule has 0 saturated heterocycles. The Hall–Kier alpha value is -2.27. The highest BCUT2D eigenvalue weighted by molar-refractivity contribution is 7.14. The molecule has 1 N–H and O–H groups in total. The summed E-state index contributed by atoms with van der Waals surface area (Å²) in [4.78, 5) is 4.57. The first-order valence-corrected chi connectivity index (χ1v) is 7.09. The Morgan fingerprint density at radius 1 is 1.30 bits per heavy atom. The first-order valence-electron chi connectivity index (χ1n) is 6.21. The monoisotopic (exact) mass is 286 g/mol. The molecule has 0 aliphatic carbocycles. The highest BCUT2D eigenvalue weighted by Crippen LogP contribution is 2.27. The quantitative estimate of drug-likeness (QED) is 0.769. The second kappa shape index (κ2) is 5.79. The lowest BCUT2D eigenvalue weighted by molar-refractivity contribution is 0.415. The van der Waals surface area contributed by atoms with Crippen LogP contribution in [0.4, 0.5) is 5.13 Å². The molecule has 0 saturated carbocycles. The van der Waals surface area contributed by atoms with E-state index in [1.807, 2.05) is 41.8 Å². The van der Waals surface area contributed by atoms with Gasteiger partial charge in [0.2, 0.25) is 0 Å². The third-order valence-corrected chi connectivity index (χ3v) is 3.66. The SMILES string of the molecule is COc1cccc(-c2csc(NCc3ccco3)n2)c1. The molecule has 2 heterocycles. The molecule has 0 bridgehead atoms. The lowest BCUT2D eigenvalue weighted by atomic mass is 10.2. The van der Waals surface area contributed by atoms with Gasteiger partial charge in [-0.2, -0.15) is 0 Å². The molecule has 3 rings (SSSR count). The fourth-order valence-corrected chi connectivity index (χ4v) is 2.56. The fraction of sp³-hybridized carbons (Fsp3) is 0.133. The van der Waals surface area contributed by atoms with Crippen molar-refractivity contribution in [3.63, 3.8) is 0 Å². The summed E-state index contributed by atoms with van der Waals surface area (Å²) in [5, 5.41) is 6.15. The Balaban J connectivity index is 1.72. The van der Waals surface area contributed by atoms with E-state index < -0.39 is 0 Å². The Bertz CT molecular complexity index is 677. The van der Waals surface area contributed by atoms with Gasteiger partial charge in [-0.25, -0.2) is 4.98 Å². The van der Waals surface area contributed by atoms with E-state index in [0.717, 1.165) is 27.9 Å². The van der Waals surface area contributed by atoms with E-state index in [2.05, 4.69) is 10.3 Å². The van der Waals surface area contributed by atoms with E-state index in [4.69, 9.17) is 9.15 Å². The van der Waals surface area contributed by atoms with Gasteiger partial charge in [-0.1, -0.05) is 12.1 Å². The smallest absolute Gasteiger partial charge is 0.183 e. The third-order valence-electron chi connectivity index (χ3n) is 2.86. The maximum absolute atomic E-state index is 5.27. The lowest BCUT2D eigenvalue weighted by Crippen LogP contribution is -1.97. The number of aromatic nitrogens is 1. The summed E-state index contributed by atoms with van der Waals surface area (Å²) in [5.74, 6) is 1.73. The molecular formula is C15H14N2O2S. The fourth-order valence-electron chi connectivity index (χ4n) is 1.85. The van der Waals surface area contributed by atoms with Crippen LogP contribution in [0.3, 0.4) is 0 Å². The molecular weight excluding hydrogens is 272 g/mol. The summed E-state index contributed by atoms with van der Waals surface area (Å²) in [6.07, 6.45) is 1.67. The van der Waals surface area contributed by atoms with Gasteiger partial charge in [0, 0.05) is 10.9 Å². The maximum atomic E-state index is 5.27. The Labute approximate surface area is 121 Å². The largest absolute Gasteiger partial charge is 0.497 e. The van der Waals surface area contributed by atoms with Crippen molar-refractivity contribution in [1.82, 2.24) is 4.98 Å². The summed E-state index contributed by atoms with van der Waals surface area (Å²) in [6.45, 7) is 0.637. The first kappa shape index (κ1) is 12.7. The van der Waals surface area contributed by atoms with Crippen LogP contribution >= 0.6 is 11.3 Å². The number of benzene rings is 1. The summed E-state index contributed by atoms with van der Waals surface area (Å²) in [6, 6.07) is 11.7. The average Bonchev–Trinajstić information content (AvgIpc) is 3.16. The first-order chi connectivity index (χ1) is 9.85. The van der Waals surface area contributed by atoms with Crippen LogP contribution < -0.4 is 10.1 Å². The predicted molar refractivity (Wildman–Crippen MR) is 80.1 cm³/mol. The summed E-state index contributed by atoms with van der Waals surface area (Å²) in [5.41, 5.74) is 1.99. The Morgan fingerprint density at radius 2 is 2.25 bits per heavy atom. The minimum Gasteiger partial charge on any atom is -0.497 e. The highest BCUT2D eigenvalue weighted by Gasteiger charge is 2.06. The second-order valence-electron chi connectivity index (χ2n) is 4.20. The third kappa shape index (κ3) is 2.83. The molecule has 0 amide bonds. The van der Waals surface area contributed by atoms with Crippen LogP contribution in [0.2, 0.25) is 0 Å². The van der Waals surface area contributed by atoms with Crippen LogP contribution in [0.15, 0.2) is 52.5 Å². The lowest BCUT2D eigenvalue weighted by Gasteiger charge is -2.02. The maximum Gasteiger partial charge on any atom is 0.183 e. The van der Waals surface area contributed by atoms with E-state index in [1.54, 1.807) is 24.7 Å². The summed E-state index contributed by atoms with van der Waals surface area (Å²) < 4.78 is 10.5. The van der Waals surface area contributed by atoms with Crippen LogP contribution in [-0.2, 0) is 6.54 Å². The number of thiazole rings is 1. The molecule has 0 spiro atoms. The van der Waals surface area contributed by atoms with Gasteiger partial charge in [0.25, 0.3) is 0 Å². The number of furan rings is 1. The van der Waals surface area contributed by atoms with Gasteiger partial charge < -0.3 is 14.5 Å². The predicted octanol–water partition coefficient (Wildman–Crippen LogP) is 4.02. The molecule has 3 aromatic rings. The van der Waals surface area contributed by atoms with Crippen LogP contribution in [0.25, 0.3) is 11.3 Å². The number of nitrogens with zero attached hydrogens (tertiary/aromatic N) is 1. The topological polar surface area (TPSA) is 47.3 Å². The van der Waals surface area contributed by atoms with Gasteiger partial charge in [-0.05, 0) is 24.3 Å². The molecule has 0 aliphatic heterocycles. The highest BCUT2D eigenvalue weighted by atomic mass is 32.1. The van der Waals surface area contributed by atoms with Gasteiger partial charge in [0.15, 0.2) is 5.13 Å². The number of hydrogen-bond donors (Lipinski definition) is 1. The van der Waals surface area contributed by atoms with Crippen molar-refractivity contribution in [2.45, 2.75) is 6.54 Å². The van der Waals surface area contributed by atoms with Crippen molar-refractivity contribution >= 4 is 16.5 Å². The van der Waals surface area contributed by atoms with Gasteiger partial charge >= 0.3 is 0 Å². The molecule has 0 radical (unpaired) electrons. The molecule has 2 aromatic heterocycles. The average molecular weight is 286 g/mol. The van der Waals surface area contributed by atoms with E-state index in [-0.39, 0.29) is 0 Å². The number of rotatable bonds is 5. The van der Waals surface area contributed by atoms with E-state index in [0.29, 0.717) is 6.54 Å². The molecule has 4 nitrogen and oxygen atoms in total. The molecule has 0 unspecified atom stereocenters. The summed E-state index contributed by atoms with van der Waals surface area (Å²) in [7, 11) is 1.66. The van der Waals surface area contributed by atoms with Gasteiger partial charge in [0.1, 0.15) is 11.5 Å². The minimum absolute atomic E-state index is 0.637. The van der Waals surface area contributed by atoms with Gasteiger partial charge in [-0.15, -0.1) is 11.3 Å². The van der Waals surface area contributed by atoms with Crippen molar-refractivity contribution in [2.24, 2.45) is 0 Å². The van der Waals surface area contributed by atoms with E-state index in [9.17, 15) is 0 Å². The Morgan fingerprint density at radius 3 is 3.05 bits per heavy atom. The van der Waals surface area contributed by atoms with Crippen molar-refractivity contribution in [3.05, 3.63) is 53.8 Å². The normalized spacial score (nSPS) is 10.4.